The fourth-order valence-corrected chi connectivity index (χ4v) is 4.75. The zero-order valence-electron chi connectivity index (χ0n) is 16.3. The Labute approximate surface area is 161 Å². The molecule has 0 aromatic heterocycles. The van der Waals surface area contributed by atoms with Crippen molar-refractivity contribution < 1.29 is 22.7 Å². The van der Waals surface area contributed by atoms with Gasteiger partial charge in [0.1, 0.15) is 0 Å². The molecular weight excluding hydrogens is 368 g/mol. The molecule has 2 atom stereocenters. The van der Waals surface area contributed by atoms with Crippen LogP contribution in [0.1, 0.15) is 29.6 Å². The summed E-state index contributed by atoms with van der Waals surface area (Å²) in [5, 5.41) is 0. The monoisotopic (exact) mass is 396 g/mol. The number of benzene rings is 1. The second-order valence-electron chi connectivity index (χ2n) is 7.66. The van der Waals surface area contributed by atoms with E-state index in [2.05, 4.69) is 4.90 Å². The third-order valence-electron chi connectivity index (χ3n) is 5.59. The highest BCUT2D eigenvalue weighted by molar-refractivity contribution is 7.90. The Morgan fingerprint density at radius 1 is 1.15 bits per heavy atom. The van der Waals surface area contributed by atoms with Crippen molar-refractivity contribution in [2.24, 2.45) is 0 Å². The van der Waals surface area contributed by atoms with Gasteiger partial charge in [-0.1, -0.05) is 6.07 Å². The maximum atomic E-state index is 13.1. The number of ether oxygens (including phenoxy) is 2. The van der Waals surface area contributed by atoms with Gasteiger partial charge in [-0.3, -0.25) is 4.79 Å². The summed E-state index contributed by atoms with van der Waals surface area (Å²) >= 11 is 0. The quantitative estimate of drug-likeness (QED) is 0.766. The van der Waals surface area contributed by atoms with Gasteiger partial charge in [0.2, 0.25) is 0 Å². The first-order chi connectivity index (χ1) is 12.6. The van der Waals surface area contributed by atoms with Crippen molar-refractivity contribution in [3.63, 3.8) is 0 Å². The van der Waals surface area contributed by atoms with E-state index < -0.39 is 15.6 Å². The zero-order chi connectivity index (χ0) is 19.8. The van der Waals surface area contributed by atoms with Crippen molar-refractivity contribution in [2.45, 2.75) is 42.0 Å². The van der Waals surface area contributed by atoms with Gasteiger partial charge in [0.05, 0.1) is 24.2 Å². The lowest BCUT2D eigenvalue weighted by Gasteiger charge is -2.46. The van der Waals surface area contributed by atoms with Crippen LogP contribution < -0.4 is 0 Å². The van der Waals surface area contributed by atoms with Crippen molar-refractivity contribution in [1.82, 2.24) is 9.80 Å². The van der Waals surface area contributed by atoms with Crippen LogP contribution in [-0.4, -0.2) is 82.6 Å². The molecule has 0 N–H and O–H groups in total. The molecule has 3 rings (SSSR count). The molecule has 1 aromatic rings. The molecule has 1 spiro atoms. The fourth-order valence-electron chi connectivity index (χ4n) is 4.09. The molecular formula is C19H28N2O5S. The first kappa shape index (κ1) is 20.3. The molecule has 150 valence electrons. The van der Waals surface area contributed by atoms with Crippen molar-refractivity contribution in [3.05, 3.63) is 29.8 Å². The van der Waals surface area contributed by atoms with Crippen molar-refractivity contribution in [2.75, 3.05) is 40.6 Å². The van der Waals surface area contributed by atoms with Gasteiger partial charge < -0.3 is 19.3 Å². The second-order valence-corrected chi connectivity index (χ2v) is 9.68. The maximum absolute atomic E-state index is 13.1. The van der Waals surface area contributed by atoms with E-state index in [4.69, 9.17) is 9.47 Å². The number of rotatable bonds is 4. The van der Waals surface area contributed by atoms with E-state index in [0.29, 0.717) is 25.2 Å². The molecule has 1 saturated heterocycles. The van der Waals surface area contributed by atoms with E-state index in [1.165, 1.54) is 12.1 Å². The lowest BCUT2D eigenvalue weighted by molar-refractivity contribution is -0.194. The fraction of sp³-hybridized carbons (Fsp3) is 0.632. The molecule has 2 unspecified atom stereocenters. The van der Waals surface area contributed by atoms with Crippen LogP contribution in [-0.2, 0) is 19.3 Å². The van der Waals surface area contributed by atoms with Crippen LogP contribution in [0.5, 0.6) is 0 Å². The van der Waals surface area contributed by atoms with E-state index >= 15 is 0 Å². The van der Waals surface area contributed by atoms with Gasteiger partial charge in [-0.2, -0.15) is 0 Å². The number of nitrogens with zero attached hydrogens (tertiary/aromatic N) is 2. The summed E-state index contributed by atoms with van der Waals surface area (Å²) in [6.07, 6.45) is 3.41. The standard InChI is InChI=1S/C19H28N2O5S/c1-20(2)16-8-9-19(25-10-11-26-19)13-17(16)21(3)18(22)14-6-5-7-15(12-14)27(4,23)24/h5-7,12,16-17H,8-11,13H2,1-4H3. The number of hydrogen-bond acceptors (Lipinski definition) is 6. The normalized spacial score (nSPS) is 25.1. The predicted octanol–water partition coefficient (Wildman–Crippen LogP) is 1.39. The Hall–Kier alpha value is -1.48. The first-order valence-electron chi connectivity index (χ1n) is 9.15. The van der Waals surface area contributed by atoms with E-state index in [0.717, 1.165) is 19.1 Å². The molecule has 8 heteroatoms. The maximum Gasteiger partial charge on any atom is 0.253 e. The lowest BCUT2D eigenvalue weighted by Crippen LogP contribution is -2.57. The Morgan fingerprint density at radius 2 is 1.81 bits per heavy atom. The minimum atomic E-state index is -3.37. The third kappa shape index (κ3) is 4.18. The van der Waals surface area contributed by atoms with Crippen LogP contribution in [0.25, 0.3) is 0 Å². The molecule has 1 aliphatic carbocycles. The summed E-state index contributed by atoms with van der Waals surface area (Å²) in [5.41, 5.74) is 0.366. The summed E-state index contributed by atoms with van der Waals surface area (Å²) in [6, 6.07) is 6.28. The minimum absolute atomic E-state index is 0.0961. The largest absolute Gasteiger partial charge is 0.347 e. The number of sulfone groups is 1. The predicted molar refractivity (Wildman–Crippen MR) is 101 cm³/mol. The Kier molecular flexibility index (Phi) is 5.63. The molecule has 0 radical (unpaired) electrons. The highest BCUT2D eigenvalue weighted by atomic mass is 32.2. The number of carbonyl (C=O) groups excluding carboxylic acids is 1. The van der Waals surface area contributed by atoms with Gasteiger partial charge in [-0.05, 0) is 38.7 Å². The Bertz CT molecular complexity index is 802. The molecule has 0 bridgehead atoms. The number of likely N-dealkylation sites (N-methyl/N-ethyl adjacent to an activating group) is 2. The van der Waals surface area contributed by atoms with Crippen LogP contribution in [0.15, 0.2) is 29.2 Å². The number of amides is 1. The van der Waals surface area contributed by atoms with Crippen LogP contribution in [0, 0.1) is 0 Å². The first-order valence-corrected chi connectivity index (χ1v) is 11.0. The van der Waals surface area contributed by atoms with E-state index in [-0.39, 0.29) is 22.9 Å². The molecule has 1 heterocycles. The van der Waals surface area contributed by atoms with Gasteiger partial charge >= 0.3 is 0 Å². The van der Waals surface area contributed by atoms with Crippen LogP contribution >= 0.6 is 0 Å². The second kappa shape index (κ2) is 7.50. The summed E-state index contributed by atoms with van der Waals surface area (Å²) in [5.74, 6) is -0.812. The molecule has 7 nitrogen and oxygen atoms in total. The average Bonchev–Trinajstić information content (AvgIpc) is 3.07. The summed E-state index contributed by atoms with van der Waals surface area (Å²) in [4.78, 5) is 17.1. The topological polar surface area (TPSA) is 76.2 Å². The summed E-state index contributed by atoms with van der Waals surface area (Å²) in [7, 11) is 2.41. The molecule has 2 fully saturated rings. The van der Waals surface area contributed by atoms with Crippen molar-refractivity contribution in [1.29, 1.82) is 0 Å². The van der Waals surface area contributed by atoms with Gasteiger partial charge in [-0.25, -0.2) is 8.42 Å². The van der Waals surface area contributed by atoms with Crippen LogP contribution in [0.3, 0.4) is 0 Å². The minimum Gasteiger partial charge on any atom is -0.347 e. The zero-order valence-corrected chi connectivity index (χ0v) is 17.2. The van der Waals surface area contributed by atoms with E-state index in [1.54, 1.807) is 24.1 Å². The van der Waals surface area contributed by atoms with Gasteiger partial charge in [0.25, 0.3) is 5.91 Å². The SMILES string of the molecule is CN(C)C1CCC2(CC1N(C)C(=O)c1cccc(S(C)(=O)=O)c1)OCCO2. The summed E-state index contributed by atoms with van der Waals surface area (Å²) < 4.78 is 35.4. The average molecular weight is 397 g/mol. The van der Waals surface area contributed by atoms with Crippen LogP contribution in [0.4, 0.5) is 0 Å². The molecule has 2 aliphatic rings. The van der Waals surface area contributed by atoms with Crippen LogP contribution in [0.2, 0.25) is 0 Å². The van der Waals surface area contributed by atoms with Gasteiger partial charge in [0, 0.05) is 37.8 Å². The van der Waals surface area contributed by atoms with Gasteiger partial charge in [0.15, 0.2) is 15.6 Å². The number of hydrogen-bond donors (Lipinski definition) is 0. The highest BCUT2D eigenvalue weighted by Gasteiger charge is 2.47. The summed E-state index contributed by atoms with van der Waals surface area (Å²) in [6.45, 7) is 1.15. The van der Waals surface area contributed by atoms with Crippen molar-refractivity contribution >= 4 is 15.7 Å². The molecule has 1 aromatic carbocycles. The molecule has 27 heavy (non-hydrogen) atoms. The Balaban J connectivity index is 1.87. The van der Waals surface area contributed by atoms with Crippen molar-refractivity contribution in [3.8, 4) is 0 Å². The van der Waals surface area contributed by atoms with Gasteiger partial charge in [-0.15, -0.1) is 0 Å². The number of carbonyl (C=O) groups is 1. The smallest absolute Gasteiger partial charge is 0.253 e. The molecule has 1 amide bonds. The third-order valence-corrected chi connectivity index (χ3v) is 6.70. The molecule has 1 saturated carbocycles. The molecule has 1 aliphatic heterocycles. The highest BCUT2D eigenvalue weighted by Crippen LogP contribution is 2.39. The van der Waals surface area contributed by atoms with E-state index in [9.17, 15) is 13.2 Å². The lowest BCUT2D eigenvalue weighted by atomic mass is 9.84. The van der Waals surface area contributed by atoms with E-state index in [1.807, 2.05) is 14.1 Å². The Morgan fingerprint density at radius 3 is 2.41 bits per heavy atom.